The number of likely N-dealkylation sites (tertiary alicyclic amines) is 1. The van der Waals surface area contributed by atoms with Crippen LogP contribution in [0.15, 0.2) is 47.3 Å². The molecule has 1 unspecified atom stereocenters. The molecule has 0 saturated carbocycles. The van der Waals surface area contributed by atoms with Crippen LogP contribution >= 0.6 is 0 Å². The molecule has 1 atom stereocenters. The Hall–Kier alpha value is -3.02. The predicted octanol–water partition coefficient (Wildman–Crippen LogP) is 2.98. The summed E-state index contributed by atoms with van der Waals surface area (Å²) in [5.41, 5.74) is 3.36. The molecular weight excluding hydrogens is 364 g/mol. The number of amides is 1. The van der Waals surface area contributed by atoms with Crippen molar-refractivity contribution in [2.24, 2.45) is 0 Å². The second-order valence-corrected chi connectivity index (χ2v) is 8.03. The SMILES string of the molecule is O=C(c1ccc2ccccc2n1)N1CCCC1Cn1nc2c(cc1=O)CCCC2. The fraction of sp³-hybridized carbons (Fsp3) is 0.391. The van der Waals surface area contributed by atoms with Crippen LogP contribution in [0.1, 0.15) is 47.4 Å². The van der Waals surface area contributed by atoms with Crippen molar-refractivity contribution < 1.29 is 4.79 Å². The van der Waals surface area contributed by atoms with Gasteiger partial charge in [0.25, 0.3) is 11.5 Å². The average molecular weight is 388 g/mol. The zero-order valence-electron chi connectivity index (χ0n) is 16.4. The number of aromatic nitrogens is 3. The smallest absolute Gasteiger partial charge is 0.272 e. The Kier molecular flexibility index (Phi) is 4.62. The molecule has 6 heteroatoms. The van der Waals surface area contributed by atoms with Crippen molar-refractivity contribution in [2.45, 2.75) is 51.1 Å². The van der Waals surface area contributed by atoms with Gasteiger partial charge in [-0.3, -0.25) is 9.59 Å². The number of nitrogens with zero attached hydrogens (tertiary/aromatic N) is 4. The molecule has 0 radical (unpaired) electrons. The summed E-state index contributed by atoms with van der Waals surface area (Å²) in [6.45, 7) is 1.14. The maximum Gasteiger partial charge on any atom is 0.272 e. The molecule has 3 aromatic rings. The molecule has 1 aromatic carbocycles. The number of fused-ring (bicyclic) bond motifs is 2. The first kappa shape index (κ1) is 18.0. The summed E-state index contributed by atoms with van der Waals surface area (Å²) in [4.78, 5) is 32.1. The van der Waals surface area contributed by atoms with Crippen molar-refractivity contribution in [3.63, 3.8) is 0 Å². The van der Waals surface area contributed by atoms with E-state index in [9.17, 15) is 9.59 Å². The van der Waals surface area contributed by atoms with Gasteiger partial charge in [-0.1, -0.05) is 24.3 Å². The van der Waals surface area contributed by atoms with Crippen LogP contribution in [-0.2, 0) is 19.4 Å². The summed E-state index contributed by atoms with van der Waals surface area (Å²) in [6.07, 6.45) is 5.94. The molecule has 0 spiro atoms. The minimum atomic E-state index is -0.0655. The first-order valence-electron chi connectivity index (χ1n) is 10.5. The molecule has 1 saturated heterocycles. The molecule has 29 heavy (non-hydrogen) atoms. The third kappa shape index (κ3) is 3.43. The number of aryl methyl sites for hydroxylation is 2. The largest absolute Gasteiger partial charge is 0.332 e. The number of benzene rings is 1. The van der Waals surface area contributed by atoms with Gasteiger partial charge in [0.1, 0.15) is 5.69 Å². The van der Waals surface area contributed by atoms with Crippen LogP contribution in [-0.4, -0.2) is 38.2 Å². The van der Waals surface area contributed by atoms with E-state index < -0.39 is 0 Å². The summed E-state index contributed by atoms with van der Waals surface area (Å²) in [7, 11) is 0. The van der Waals surface area contributed by atoms with Crippen molar-refractivity contribution in [1.82, 2.24) is 19.7 Å². The van der Waals surface area contributed by atoms with Crippen LogP contribution in [0.25, 0.3) is 10.9 Å². The molecule has 2 aliphatic rings. The third-order valence-corrected chi connectivity index (χ3v) is 6.11. The van der Waals surface area contributed by atoms with Gasteiger partial charge in [0.2, 0.25) is 0 Å². The van der Waals surface area contributed by atoms with Crippen molar-refractivity contribution >= 4 is 16.8 Å². The highest BCUT2D eigenvalue weighted by molar-refractivity contribution is 5.95. The summed E-state index contributed by atoms with van der Waals surface area (Å²) in [5, 5.41) is 5.65. The van der Waals surface area contributed by atoms with Crippen molar-refractivity contribution in [3.05, 3.63) is 69.8 Å². The Morgan fingerprint density at radius 2 is 1.93 bits per heavy atom. The first-order chi connectivity index (χ1) is 14.2. The van der Waals surface area contributed by atoms with E-state index in [2.05, 4.69) is 10.1 Å². The third-order valence-electron chi connectivity index (χ3n) is 6.11. The molecule has 0 bridgehead atoms. The van der Waals surface area contributed by atoms with E-state index in [-0.39, 0.29) is 17.5 Å². The molecule has 1 amide bonds. The van der Waals surface area contributed by atoms with Crippen molar-refractivity contribution in [3.8, 4) is 0 Å². The molecular formula is C23H24N4O2. The van der Waals surface area contributed by atoms with Crippen LogP contribution in [0, 0.1) is 0 Å². The number of carbonyl (C=O) groups is 1. The van der Waals surface area contributed by atoms with Gasteiger partial charge in [-0.25, -0.2) is 9.67 Å². The molecule has 5 rings (SSSR count). The zero-order valence-corrected chi connectivity index (χ0v) is 16.4. The molecule has 1 aliphatic heterocycles. The van der Waals surface area contributed by atoms with E-state index in [4.69, 9.17) is 0 Å². The monoisotopic (exact) mass is 388 g/mol. The number of para-hydroxylation sites is 1. The number of rotatable bonds is 3. The minimum absolute atomic E-state index is 0.0254. The van der Waals surface area contributed by atoms with Crippen LogP contribution in [0.3, 0.4) is 0 Å². The minimum Gasteiger partial charge on any atom is -0.332 e. The zero-order chi connectivity index (χ0) is 19.8. The second-order valence-electron chi connectivity index (χ2n) is 8.03. The molecule has 1 aliphatic carbocycles. The fourth-order valence-electron chi connectivity index (χ4n) is 4.56. The summed E-state index contributed by atoms with van der Waals surface area (Å²) >= 11 is 0. The van der Waals surface area contributed by atoms with Gasteiger partial charge in [-0.15, -0.1) is 0 Å². The quantitative estimate of drug-likeness (QED) is 0.692. The van der Waals surface area contributed by atoms with E-state index in [1.165, 1.54) is 0 Å². The Morgan fingerprint density at radius 1 is 1.07 bits per heavy atom. The van der Waals surface area contributed by atoms with E-state index in [1.54, 1.807) is 16.8 Å². The highest BCUT2D eigenvalue weighted by Gasteiger charge is 2.31. The van der Waals surface area contributed by atoms with E-state index in [0.29, 0.717) is 18.8 Å². The van der Waals surface area contributed by atoms with Gasteiger partial charge < -0.3 is 4.90 Å². The normalized spacial score (nSPS) is 18.8. The Bertz CT molecular complexity index is 1140. The highest BCUT2D eigenvalue weighted by atomic mass is 16.2. The van der Waals surface area contributed by atoms with Crippen LogP contribution in [0.4, 0.5) is 0 Å². The standard InChI is InChI=1S/C23H24N4O2/c28-22-14-17-7-2-4-10-20(17)25-27(22)15-18-8-5-13-26(18)23(29)21-12-11-16-6-1-3-9-19(16)24-21/h1,3,6,9,11-12,14,18H,2,4-5,7-8,10,13,15H2. The average Bonchev–Trinajstić information content (AvgIpc) is 3.21. The number of hydrogen-bond donors (Lipinski definition) is 0. The molecule has 0 N–H and O–H groups in total. The van der Waals surface area contributed by atoms with Crippen LogP contribution in [0.2, 0.25) is 0 Å². The topological polar surface area (TPSA) is 68.1 Å². The van der Waals surface area contributed by atoms with Crippen molar-refractivity contribution in [2.75, 3.05) is 6.54 Å². The van der Waals surface area contributed by atoms with Gasteiger partial charge in [-0.05, 0) is 56.2 Å². The number of carbonyl (C=O) groups excluding carboxylic acids is 1. The summed E-state index contributed by atoms with van der Waals surface area (Å²) < 4.78 is 1.56. The Labute approximate surface area is 169 Å². The molecule has 6 nitrogen and oxygen atoms in total. The van der Waals surface area contributed by atoms with Crippen LogP contribution in [0.5, 0.6) is 0 Å². The fourth-order valence-corrected chi connectivity index (χ4v) is 4.56. The highest BCUT2D eigenvalue weighted by Crippen LogP contribution is 2.23. The van der Waals surface area contributed by atoms with Gasteiger partial charge in [0.05, 0.1) is 23.8 Å². The second kappa shape index (κ2) is 7.43. The van der Waals surface area contributed by atoms with Gasteiger partial charge >= 0.3 is 0 Å². The summed E-state index contributed by atoms with van der Waals surface area (Å²) in [5.74, 6) is -0.0655. The van der Waals surface area contributed by atoms with Crippen molar-refractivity contribution in [1.29, 1.82) is 0 Å². The first-order valence-corrected chi connectivity index (χ1v) is 10.5. The summed E-state index contributed by atoms with van der Waals surface area (Å²) in [6, 6.07) is 13.3. The Balaban J connectivity index is 1.39. The molecule has 3 heterocycles. The maximum absolute atomic E-state index is 13.2. The Morgan fingerprint density at radius 3 is 2.86 bits per heavy atom. The molecule has 1 fully saturated rings. The maximum atomic E-state index is 13.2. The van der Waals surface area contributed by atoms with Gasteiger partial charge in [0, 0.05) is 18.0 Å². The lowest BCUT2D eigenvalue weighted by Gasteiger charge is -2.25. The lowest BCUT2D eigenvalue weighted by Crippen LogP contribution is -2.41. The lowest BCUT2D eigenvalue weighted by atomic mass is 9.97. The molecule has 148 valence electrons. The number of hydrogen-bond acceptors (Lipinski definition) is 4. The van der Waals surface area contributed by atoms with E-state index >= 15 is 0 Å². The number of pyridine rings is 1. The van der Waals surface area contributed by atoms with Gasteiger partial charge in [0.15, 0.2) is 0 Å². The van der Waals surface area contributed by atoms with E-state index in [1.807, 2.05) is 35.2 Å². The van der Waals surface area contributed by atoms with Crippen LogP contribution < -0.4 is 5.56 Å². The van der Waals surface area contributed by atoms with E-state index in [0.717, 1.165) is 60.7 Å². The van der Waals surface area contributed by atoms with Gasteiger partial charge in [-0.2, -0.15) is 5.10 Å². The molecule has 2 aromatic heterocycles. The predicted molar refractivity (Wildman–Crippen MR) is 111 cm³/mol. The lowest BCUT2D eigenvalue weighted by molar-refractivity contribution is 0.0714.